The number of halogens is 2. The maximum absolute atomic E-state index is 13.6. The van der Waals surface area contributed by atoms with Crippen LogP contribution in [0.4, 0.5) is 10.1 Å². The number of aromatic nitrogens is 1. The first kappa shape index (κ1) is 24.1. The Morgan fingerprint density at radius 1 is 1.11 bits per heavy atom. The summed E-state index contributed by atoms with van der Waals surface area (Å²) in [5, 5.41) is 6.79. The van der Waals surface area contributed by atoms with Gasteiger partial charge < -0.3 is 20.0 Å². The molecule has 0 bridgehead atoms. The fourth-order valence-corrected chi connectivity index (χ4v) is 5.15. The highest BCUT2D eigenvalue weighted by atomic mass is 79.9. The molecule has 0 spiro atoms. The van der Waals surface area contributed by atoms with E-state index in [-0.39, 0.29) is 30.2 Å². The molecular weight excluding hydrogens is 543 g/mol. The first-order chi connectivity index (χ1) is 17.5. The van der Waals surface area contributed by atoms with Crippen molar-refractivity contribution in [3.8, 4) is 11.3 Å². The summed E-state index contributed by atoms with van der Waals surface area (Å²) in [5.41, 5.74) is 2.29. The maximum atomic E-state index is 13.6. The van der Waals surface area contributed by atoms with Crippen LogP contribution in [-0.4, -0.2) is 27.4 Å². The van der Waals surface area contributed by atoms with Gasteiger partial charge in [-0.3, -0.25) is 9.78 Å². The number of anilines is 1. The third kappa shape index (κ3) is 5.17. The van der Waals surface area contributed by atoms with Crippen molar-refractivity contribution in [2.45, 2.75) is 18.5 Å². The molecule has 0 aliphatic carbocycles. The van der Waals surface area contributed by atoms with E-state index in [0.29, 0.717) is 27.7 Å². The summed E-state index contributed by atoms with van der Waals surface area (Å²) < 4.78 is 20.5. The summed E-state index contributed by atoms with van der Waals surface area (Å²) in [5.74, 6) is 0.807. The van der Waals surface area contributed by atoms with E-state index in [9.17, 15) is 9.18 Å². The van der Waals surface area contributed by atoms with Gasteiger partial charge in [0.05, 0.1) is 11.7 Å². The Balaban J connectivity index is 1.42. The number of carbonyl (C=O) groups excluding carboxylic acids is 1. The van der Waals surface area contributed by atoms with Crippen molar-refractivity contribution in [1.82, 2.24) is 15.2 Å². The van der Waals surface area contributed by atoms with Crippen molar-refractivity contribution in [2.24, 2.45) is 0 Å². The predicted octanol–water partition coefficient (Wildman–Crippen LogP) is 6.24. The van der Waals surface area contributed by atoms with E-state index in [1.807, 2.05) is 65.6 Å². The van der Waals surface area contributed by atoms with Crippen LogP contribution in [0.2, 0.25) is 0 Å². The number of pyridine rings is 1. The fraction of sp³-hybridized carbons (Fsp3) is 0.148. The second kappa shape index (κ2) is 10.6. The summed E-state index contributed by atoms with van der Waals surface area (Å²) in [6, 6.07) is 22.6. The van der Waals surface area contributed by atoms with Gasteiger partial charge in [0.15, 0.2) is 5.11 Å². The van der Waals surface area contributed by atoms with Gasteiger partial charge in [-0.05, 0) is 82.7 Å². The van der Waals surface area contributed by atoms with Gasteiger partial charge in [-0.25, -0.2) is 4.39 Å². The lowest BCUT2D eigenvalue weighted by molar-refractivity contribution is -0.116. The number of nitrogens with one attached hydrogen (secondary N) is 2. The van der Waals surface area contributed by atoms with Crippen LogP contribution in [0, 0.1) is 5.82 Å². The molecule has 1 fully saturated rings. The van der Waals surface area contributed by atoms with E-state index in [2.05, 4.69) is 31.5 Å². The number of carbonyl (C=O) groups is 1. The van der Waals surface area contributed by atoms with Gasteiger partial charge in [-0.2, -0.15) is 0 Å². The number of thiocarbonyl (C=S) groups is 1. The molecule has 2 N–H and O–H groups in total. The summed E-state index contributed by atoms with van der Waals surface area (Å²) in [7, 11) is 0. The number of furan rings is 1. The highest BCUT2D eigenvalue weighted by molar-refractivity contribution is 9.10. The number of benzene rings is 2. The van der Waals surface area contributed by atoms with Crippen molar-refractivity contribution in [1.29, 1.82) is 0 Å². The zero-order valence-electron chi connectivity index (χ0n) is 19.0. The van der Waals surface area contributed by atoms with E-state index < -0.39 is 0 Å². The molecule has 0 radical (unpaired) electrons. The molecule has 0 saturated carbocycles. The van der Waals surface area contributed by atoms with Crippen LogP contribution < -0.4 is 10.6 Å². The molecule has 2 atom stereocenters. The maximum Gasteiger partial charge on any atom is 0.226 e. The van der Waals surface area contributed by atoms with Gasteiger partial charge in [0.1, 0.15) is 23.4 Å². The van der Waals surface area contributed by atoms with Gasteiger partial charge in [0.2, 0.25) is 5.91 Å². The predicted molar refractivity (Wildman–Crippen MR) is 144 cm³/mol. The van der Waals surface area contributed by atoms with Crippen molar-refractivity contribution >= 4 is 44.9 Å². The Hall–Kier alpha value is -3.56. The third-order valence-electron chi connectivity index (χ3n) is 5.95. The summed E-state index contributed by atoms with van der Waals surface area (Å²) >= 11 is 9.09. The minimum absolute atomic E-state index is 0.112. The highest BCUT2D eigenvalue weighted by Crippen LogP contribution is 2.41. The quantitative estimate of drug-likeness (QED) is 0.259. The summed E-state index contributed by atoms with van der Waals surface area (Å²) in [6.07, 6.45) is 1.97. The Kier molecular flexibility index (Phi) is 7.11. The van der Waals surface area contributed by atoms with Crippen LogP contribution in [0.3, 0.4) is 0 Å². The van der Waals surface area contributed by atoms with Crippen molar-refractivity contribution in [2.75, 3.05) is 11.9 Å². The molecule has 5 rings (SSSR count). The first-order valence-electron chi connectivity index (χ1n) is 11.4. The molecule has 1 aliphatic rings. The topological polar surface area (TPSA) is 70.4 Å². The van der Waals surface area contributed by atoms with Crippen molar-refractivity contribution in [3.05, 3.63) is 107 Å². The first-order valence-corrected chi connectivity index (χ1v) is 12.6. The van der Waals surface area contributed by atoms with E-state index in [1.54, 1.807) is 12.3 Å². The van der Waals surface area contributed by atoms with Gasteiger partial charge >= 0.3 is 0 Å². The molecule has 0 unspecified atom stereocenters. The van der Waals surface area contributed by atoms with Crippen LogP contribution >= 0.6 is 28.1 Å². The van der Waals surface area contributed by atoms with Crippen LogP contribution in [-0.2, 0) is 4.79 Å². The highest BCUT2D eigenvalue weighted by Gasteiger charge is 2.41. The average Bonchev–Trinajstić information content (AvgIpc) is 3.48. The molecule has 36 heavy (non-hydrogen) atoms. The Bertz CT molecular complexity index is 1380. The molecule has 9 heteroatoms. The number of para-hydroxylation sites is 1. The molecule has 3 heterocycles. The molecule has 6 nitrogen and oxygen atoms in total. The van der Waals surface area contributed by atoms with Crippen molar-refractivity contribution < 1.29 is 13.6 Å². The normalized spacial score (nSPS) is 17.2. The van der Waals surface area contributed by atoms with E-state index in [4.69, 9.17) is 16.6 Å². The molecule has 2 aromatic carbocycles. The van der Waals surface area contributed by atoms with Crippen LogP contribution in [0.1, 0.15) is 30.0 Å². The van der Waals surface area contributed by atoms with Crippen molar-refractivity contribution in [3.63, 3.8) is 0 Å². The van der Waals surface area contributed by atoms with Gasteiger partial charge in [-0.1, -0.05) is 24.3 Å². The molecule has 1 amide bonds. The molecule has 182 valence electrons. The number of hydrogen-bond donors (Lipinski definition) is 2. The Labute approximate surface area is 221 Å². The Morgan fingerprint density at radius 2 is 1.92 bits per heavy atom. The summed E-state index contributed by atoms with van der Waals surface area (Å²) in [4.78, 5) is 19.1. The second-order valence-corrected chi connectivity index (χ2v) is 9.55. The number of rotatable bonds is 7. The smallest absolute Gasteiger partial charge is 0.226 e. The number of hydrogen-bond acceptors (Lipinski definition) is 4. The standard InChI is InChI=1S/C27H22BrFN4O2S/c28-20-16-17(29)9-10-19(20)22-11-12-23(35-22)26-25(21-8-4-5-14-30-21)32-27(36)33(26)15-13-24(34)31-18-6-2-1-3-7-18/h1-12,14,16,25-26H,13,15H2,(H,31,34)(H,32,36)/t25-,26-/m0/s1. The average molecular weight is 565 g/mol. The SMILES string of the molecule is O=C(CCN1C(=S)N[C@@H](c2ccccn2)[C@@H]1c1ccc(-c2ccc(F)cc2Br)o1)Nc1ccccc1. The lowest BCUT2D eigenvalue weighted by Crippen LogP contribution is -2.32. The molecule has 1 aliphatic heterocycles. The van der Waals surface area contributed by atoms with Gasteiger partial charge in [0.25, 0.3) is 0 Å². The van der Waals surface area contributed by atoms with Crippen LogP contribution in [0.5, 0.6) is 0 Å². The summed E-state index contributed by atoms with van der Waals surface area (Å²) in [6.45, 7) is 0.384. The van der Waals surface area contributed by atoms with E-state index in [1.165, 1.54) is 12.1 Å². The minimum atomic E-state index is -0.335. The van der Waals surface area contributed by atoms with Gasteiger partial charge in [0, 0.05) is 34.9 Å². The lowest BCUT2D eigenvalue weighted by atomic mass is 10.0. The molecule has 1 saturated heterocycles. The van der Waals surface area contributed by atoms with Crippen LogP contribution in [0.15, 0.2) is 93.9 Å². The monoisotopic (exact) mass is 564 g/mol. The van der Waals surface area contributed by atoms with Gasteiger partial charge in [-0.15, -0.1) is 0 Å². The molecule has 2 aromatic heterocycles. The van der Waals surface area contributed by atoms with Crippen LogP contribution in [0.25, 0.3) is 11.3 Å². The molecular formula is C27H22BrFN4O2S. The lowest BCUT2D eigenvalue weighted by Gasteiger charge is -2.25. The van der Waals surface area contributed by atoms with E-state index in [0.717, 1.165) is 16.9 Å². The number of amides is 1. The zero-order chi connectivity index (χ0) is 25.1. The largest absolute Gasteiger partial charge is 0.459 e. The fourth-order valence-electron chi connectivity index (χ4n) is 4.27. The zero-order valence-corrected chi connectivity index (χ0v) is 21.4. The van der Waals surface area contributed by atoms with E-state index >= 15 is 0 Å². The second-order valence-electron chi connectivity index (χ2n) is 8.31. The molecule has 4 aromatic rings. The number of nitrogens with zero attached hydrogens (tertiary/aromatic N) is 2. The Morgan fingerprint density at radius 3 is 2.67 bits per heavy atom. The third-order valence-corrected chi connectivity index (χ3v) is 6.96. The minimum Gasteiger partial charge on any atom is -0.459 e.